The van der Waals surface area contributed by atoms with Crippen LogP contribution in [0.1, 0.15) is 43.5 Å². The van der Waals surface area contributed by atoms with Crippen molar-refractivity contribution in [3.63, 3.8) is 0 Å². The second-order valence-electron chi connectivity index (χ2n) is 9.00. The number of thioether (sulfide) groups is 1. The normalized spacial score (nSPS) is 22.7. The van der Waals surface area contributed by atoms with Gasteiger partial charge < -0.3 is 29.7 Å². The van der Waals surface area contributed by atoms with E-state index in [2.05, 4.69) is 12.2 Å². The molecule has 0 spiro atoms. The minimum Gasteiger partial charge on any atom is -0.496 e. The van der Waals surface area contributed by atoms with Gasteiger partial charge in [0.15, 0.2) is 6.29 Å². The van der Waals surface area contributed by atoms with E-state index in [0.29, 0.717) is 25.0 Å². The maximum Gasteiger partial charge on any atom is 0.251 e. The molecule has 3 rings (SSSR count). The monoisotopic (exact) mass is 517 g/mol. The van der Waals surface area contributed by atoms with E-state index in [1.54, 1.807) is 19.2 Å². The summed E-state index contributed by atoms with van der Waals surface area (Å²) in [6.07, 6.45) is -0.892. The van der Waals surface area contributed by atoms with Crippen molar-refractivity contribution < 1.29 is 29.2 Å². The van der Waals surface area contributed by atoms with Crippen molar-refractivity contribution >= 4 is 17.7 Å². The van der Waals surface area contributed by atoms with Crippen LogP contribution >= 0.6 is 11.8 Å². The Morgan fingerprint density at radius 2 is 1.97 bits per heavy atom. The lowest BCUT2D eigenvalue weighted by molar-refractivity contribution is -0.253. The molecule has 2 aromatic carbocycles. The largest absolute Gasteiger partial charge is 0.496 e. The summed E-state index contributed by atoms with van der Waals surface area (Å²) >= 11 is 1.86. The Morgan fingerprint density at radius 3 is 2.69 bits per heavy atom. The molecule has 8 heteroatoms. The first-order valence-electron chi connectivity index (χ1n) is 12.7. The second kappa shape index (κ2) is 14.6. The van der Waals surface area contributed by atoms with Gasteiger partial charge >= 0.3 is 0 Å². The summed E-state index contributed by atoms with van der Waals surface area (Å²) in [5.41, 5.74) is 2.46. The van der Waals surface area contributed by atoms with Gasteiger partial charge in [0, 0.05) is 30.0 Å². The molecule has 0 radical (unpaired) electrons. The fourth-order valence-electron chi connectivity index (χ4n) is 4.34. The van der Waals surface area contributed by atoms with Crippen LogP contribution in [0.3, 0.4) is 0 Å². The summed E-state index contributed by atoms with van der Waals surface area (Å²) in [6, 6.07) is 15.1. The second-order valence-corrected chi connectivity index (χ2v) is 10.4. The van der Waals surface area contributed by atoms with Gasteiger partial charge in [-0.2, -0.15) is 11.8 Å². The molecule has 5 atom stereocenters. The van der Waals surface area contributed by atoms with Crippen molar-refractivity contribution in [3.05, 3.63) is 54.1 Å². The van der Waals surface area contributed by atoms with Gasteiger partial charge in [-0.05, 0) is 48.1 Å². The molecule has 3 N–H and O–H groups in total. The Hall–Kier alpha value is -2.10. The summed E-state index contributed by atoms with van der Waals surface area (Å²) in [5.74, 6) is 2.44. The zero-order chi connectivity index (χ0) is 25.9. The van der Waals surface area contributed by atoms with Crippen LogP contribution in [0.25, 0.3) is 11.1 Å². The fraction of sp³-hybridized carbons (Fsp3) is 0.536. The maximum absolute atomic E-state index is 12.6. The van der Waals surface area contributed by atoms with E-state index in [4.69, 9.17) is 14.2 Å². The van der Waals surface area contributed by atoms with Crippen molar-refractivity contribution in [2.75, 3.05) is 31.8 Å². The van der Waals surface area contributed by atoms with E-state index in [0.717, 1.165) is 34.8 Å². The molecule has 2 aromatic rings. The van der Waals surface area contributed by atoms with Gasteiger partial charge in [-0.25, -0.2) is 0 Å². The lowest BCUT2D eigenvalue weighted by atomic mass is 9.88. The molecular formula is C28H39NO6S. The highest BCUT2D eigenvalue weighted by atomic mass is 32.2. The standard InChI is InChI=1S/C28H39NO6S/c1-4-36-17-7-16-34-26-18-24(31)19(2)27(35-26)23(30)14-15-29-28(32)21-12-10-20(11-13-21)22-8-5-6-9-25(22)33-3/h5-6,8-13,19,23-24,26-27,30-31H,4,7,14-18H2,1-3H3,(H,29,32)/t19-,23?,24?,26?,27?/m1/s1. The summed E-state index contributed by atoms with van der Waals surface area (Å²) in [7, 11) is 1.63. The minimum absolute atomic E-state index is 0.211. The zero-order valence-electron chi connectivity index (χ0n) is 21.4. The van der Waals surface area contributed by atoms with Crippen LogP contribution in [-0.4, -0.2) is 72.5 Å². The molecule has 1 fully saturated rings. The molecule has 0 saturated carbocycles. The quantitative estimate of drug-likeness (QED) is 0.344. The zero-order valence-corrected chi connectivity index (χ0v) is 22.2. The first-order valence-corrected chi connectivity index (χ1v) is 13.8. The number of benzene rings is 2. The van der Waals surface area contributed by atoms with Crippen LogP contribution in [0.2, 0.25) is 0 Å². The molecule has 7 nitrogen and oxygen atoms in total. The molecule has 0 aromatic heterocycles. The smallest absolute Gasteiger partial charge is 0.251 e. The SMILES string of the molecule is CCSCCCOC1CC(O)[C@@H](C)C(C(O)CCNC(=O)c2ccc(-c3ccccc3OC)cc2)O1. The lowest BCUT2D eigenvalue weighted by Crippen LogP contribution is -2.50. The first-order chi connectivity index (χ1) is 17.4. The number of hydrogen-bond donors (Lipinski definition) is 3. The van der Waals surface area contributed by atoms with E-state index in [1.807, 2.05) is 55.1 Å². The van der Waals surface area contributed by atoms with E-state index in [9.17, 15) is 15.0 Å². The molecule has 198 valence electrons. The van der Waals surface area contributed by atoms with E-state index >= 15 is 0 Å². The first kappa shape index (κ1) is 28.5. The van der Waals surface area contributed by atoms with Crippen LogP contribution in [0.4, 0.5) is 0 Å². The van der Waals surface area contributed by atoms with E-state index in [-0.39, 0.29) is 18.4 Å². The van der Waals surface area contributed by atoms with E-state index < -0.39 is 24.6 Å². The highest BCUT2D eigenvalue weighted by Crippen LogP contribution is 2.30. The molecule has 1 amide bonds. The summed E-state index contributed by atoms with van der Waals surface area (Å²) in [5, 5.41) is 24.1. The maximum atomic E-state index is 12.6. The van der Waals surface area contributed by atoms with Crippen molar-refractivity contribution in [2.24, 2.45) is 5.92 Å². The number of amides is 1. The Balaban J connectivity index is 1.47. The van der Waals surface area contributed by atoms with Gasteiger partial charge in [-0.3, -0.25) is 4.79 Å². The average molecular weight is 518 g/mol. The number of carbonyl (C=O) groups is 1. The minimum atomic E-state index is -0.829. The number of aliphatic hydroxyl groups is 2. The molecule has 1 heterocycles. The van der Waals surface area contributed by atoms with Gasteiger partial charge in [-0.15, -0.1) is 0 Å². The molecule has 4 unspecified atom stereocenters. The van der Waals surface area contributed by atoms with Gasteiger partial charge in [0.2, 0.25) is 0 Å². The summed E-state index contributed by atoms with van der Waals surface area (Å²) in [6.45, 7) is 4.85. The molecule has 1 aliphatic heterocycles. The highest BCUT2D eigenvalue weighted by Gasteiger charge is 2.39. The number of para-hydroxylation sites is 1. The number of aliphatic hydroxyl groups excluding tert-OH is 2. The van der Waals surface area contributed by atoms with Crippen LogP contribution in [0.5, 0.6) is 5.75 Å². The van der Waals surface area contributed by atoms with Crippen LogP contribution in [0, 0.1) is 5.92 Å². The number of hydrogen-bond acceptors (Lipinski definition) is 7. The number of nitrogens with one attached hydrogen (secondary N) is 1. The molecular weight excluding hydrogens is 478 g/mol. The van der Waals surface area contributed by atoms with Gasteiger partial charge in [0.1, 0.15) is 5.75 Å². The highest BCUT2D eigenvalue weighted by molar-refractivity contribution is 7.99. The molecule has 1 aliphatic rings. The van der Waals surface area contributed by atoms with Gasteiger partial charge in [0.05, 0.1) is 32.0 Å². The number of ether oxygens (including phenoxy) is 3. The number of methoxy groups -OCH3 is 1. The Bertz CT molecular complexity index is 940. The van der Waals surface area contributed by atoms with Crippen molar-refractivity contribution in [1.29, 1.82) is 0 Å². The van der Waals surface area contributed by atoms with Crippen LogP contribution in [0.15, 0.2) is 48.5 Å². The lowest BCUT2D eigenvalue weighted by Gasteiger charge is -2.40. The van der Waals surface area contributed by atoms with Crippen molar-refractivity contribution in [2.45, 2.75) is 57.7 Å². The third-order valence-electron chi connectivity index (χ3n) is 6.48. The predicted octanol–water partition coefficient (Wildman–Crippen LogP) is 4.11. The topological polar surface area (TPSA) is 97.2 Å². The van der Waals surface area contributed by atoms with Gasteiger partial charge in [-0.1, -0.05) is 44.2 Å². The number of rotatable bonds is 13. The summed E-state index contributed by atoms with van der Waals surface area (Å²) in [4.78, 5) is 12.6. The van der Waals surface area contributed by atoms with Crippen LogP contribution < -0.4 is 10.1 Å². The fourth-order valence-corrected chi connectivity index (χ4v) is 4.95. The third kappa shape index (κ3) is 7.95. The third-order valence-corrected chi connectivity index (χ3v) is 7.46. The average Bonchev–Trinajstić information content (AvgIpc) is 2.90. The predicted molar refractivity (Wildman–Crippen MR) is 143 cm³/mol. The van der Waals surface area contributed by atoms with E-state index in [1.165, 1.54) is 0 Å². The number of carbonyl (C=O) groups excluding carboxylic acids is 1. The Kier molecular flexibility index (Phi) is 11.5. The Labute approximate surface area is 218 Å². The molecule has 36 heavy (non-hydrogen) atoms. The molecule has 0 bridgehead atoms. The van der Waals surface area contributed by atoms with Gasteiger partial charge in [0.25, 0.3) is 5.91 Å². The Morgan fingerprint density at radius 1 is 1.22 bits per heavy atom. The van der Waals surface area contributed by atoms with Crippen LogP contribution in [-0.2, 0) is 9.47 Å². The molecule has 0 aliphatic carbocycles. The molecule has 1 saturated heterocycles. The van der Waals surface area contributed by atoms with Crippen molar-refractivity contribution in [3.8, 4) is 16.9 Å². The van der Waals surface area contributed by atoms with Crippen molar-refractivity contribution in [1.82, 2.24) is 5.32 Å². The summed E-state index contributed by atoms with van der Waals surface area (Å²) < 4.78 is 17.2.